The topological polar surface area (TPSA) is 70.8 Å². The number of rotatable bonds is 5. The van der Waals surface area contributed by atoms with Crippen molar-refractivity contribution < 1.29 is 19.0 Å². The van der Waals surface area contributed by atoms with Gasteiger partial charge in [0, 0.05) is 6.42 Å². The third kappa shape index (κ3) is 8.76. The van der Waals surface area contributed by atoms with Gasteiger partial charge in [-0.1, -0.05) is 11.6 Å². The van der Waals surface area contributed by atoms with Gasteiger partial charge in [0.15, 0.2) is 11.8 Å². The van der Waals surface area contributed by atoms with Crippen molar-refractivity contribution in [3.63, 3.8) is 0 Å². The first-order valence-corrected chi connectivity index (χ1v) is 5.54. The van der Waals surface area contributed by atoms with Crippen LogP contribution in [0.25, 0.3) is 0 Å². The van der Waals surface area contributed by atoms with E-state index in [1.807, 2.05) is 20.8 Å². The molecule has 0 aromatic rings. The van der Waals surface area contributed by atoms with Crippen LogP contribution in [0.15, 0.2) is 0 Å². The highest BCUT2D eigenvalue weighted by atomic mass is 35.5. The molecule has 0 aliphatic carbocycles. The van der Waals surface area contributed by atoms with Crippen molar-refractivity contribution >= 4 is 17.8 Å². The van der Waals surface area contributed by atoms with Gasteiger partial charge in [-0.3, -0.25) is 5.73 Å². The molecule has 0 amide bonds. The normalized spacial score (nSPS) is 15.4. The Morgan fingerprint density at radius 1 is 1.31 bits per heavy atom. The average Bonchev–Trinajstić information content (AvgIpc) is 1.99. The van der Waals surface area contributed by atoms with Crippen LogP contribution >= 0.6 is 11.6 Å². The predicted molar refractivity (Wildman–Crippen MR) is 61.2 cm³/mol. The maximum atomic E-state index is 11.0. The van der Waals surface area contributed by atoms with Crippen LogP contribution in [0.2, 0.25) is 0 Å². The SMILES string of the molecule is CC(C)(C)OCCC(C)(N)OC(=O)OCCl. The lowest BCUT2D eigenvalue weighted by Crippen LogP contribution is -2.43. The first-order chi connectivity index (χ1) is 7.16. The van der Waals surface area contributed by atoms with Crippen LogP contribution in [0.5, 0.6) is 0 Å². The Morgan fingerprint density at radius 2 is 1.88 bits per heavy atom. The summed E-state index contributed by atoms with van der Waals surface area (Å²) in [5.41, 5.74) is 4.37. The van der Waals surface area contributed by atoms with Crippen LogP contribution in [-0.2, 0) is 14.2 Å². The lowest BCUT2D eigenvalue weighted by atomic mass is 10.1. The lowest BCUT2D eigenvalue weighted by molar-refractivity contribution is -0.0591. The Labute approximate surface area is 101 Å². The van der Waals surface area contributed by atoms with Gasteiger partial charge in [-0.2, -0.15) is 0 Å². The number of halogens is 1. The molecule has 1 atom stereocenters. The van der Waals surface area contributed by atoms with E-state index in [1.54, 1.807) is 6.92 Å². The van der Waals surface area contributed by atoms with Crippen LogP contribution in [0.3, 0.4) is 0 Å². The number of alkyl halides is 1. The van der Waals surface area contributed by atoms with E-state index in [9.17, 15) is 4.79 Å². The summed E-state index contributed by atoms with van der Waals surface area (Å²) in [6.07, 6.45) is -0.502. The minimum Gasteiger partial charge on any atom is -0.418 e. The Kier molecular flexibility index (Phi) is 6.07. The summed E-state index contributed by atoms with van der Waals surface area (Å²) < 4.78 is 14.7. The number of nitrogens with two attached hydrogens (primary N) is 1. The molecule has 0 fully saturated rings. The standard InChI is InChI=1S/C10H20ClNO4/c1-9(2,3)15-6-5-10(4,12)16-8(13)14-7-11/h5-7,12H2,1-4H3. The fourth-order valence-corrected chi connectivity index (χ4v) is 0.964. The van der Waals surface area contributed by atoms with Gasteiger partial charge in [0.1, 0.15) is 0 Å². The molecule has 0 bridgehead atoms. The van der Waals surface area contributed by atoms with E-state index in [1.165, 1.54) is 0 Å². The zero-order chi connectivity index (χ0) is 12.8. The molecule has 1 unspecified atom stereocenters. The smallest absolute Gasteiger partial charge is 0.418 e. The number of hydrogen-bond acceptors (Lipinski definition) is 5. The van der Waals surface area contributed by atoms with Gasteiger partial charge in [-0.15, -0.1) is 0 Å². The summed E-state index contributed by atoms with van der Waals surface area (Å²) in [5, 5.41) is 0. The van der Waals surface area contributed by atoms with Gasteiger partial charge < -0.3 is 14.2 Å². The minimum absolute atomic E-state index is 0.243. The quantitative estimate of drug-likeness (QED) is 0.462. The number of carbonyl (C=O) groups excluding carboxylic acids is 1. The van der Waals surface area contributed by atoms with E-state index in [0.29, 0.717) is 13.0 Å². The minimum atomic E-state index is -1.12. The molecule has 0 saturated carbocycles. The van der Waals surface area contributed by atoms with Crippen molar-refractivity contribution in [1.29, 1.82) is 0 Å². The van der Waals surface area contributed by atoms with Crippen molar-refractivity contribution in [2.45, 2.75) is 45.4 Å². The molecule has 0 rings (SSSR count). The van der Waals surface area contributed by atoms with Gasteiger partial charge in [-0.05, 0) is 27.7 Å². The molecule has 16 heavy (non-hydrogen) atoms. The monoisotopic (exact) mass is 253 g/mol. The number of hydrogen-bond donors (Lipinski definition) is 1. The van der Waals surface area contributed by atoms with Crippen molar-refractivity contribution in [3.05, 3.63) is 0 Å². The number of ether oxygens (including phenoxy) is 3. The lowest BCUT2D eigenvalue weighted by Gasteiger charge is -2.26. The summed E-state index contributed by atoms with van der Waals surface area (Å²) in [7, 11) is 0. The summed E-state index contributed by atoms with van der Waals surface area (Å²) in [6.45, 7) is 7.77. The second kappa shape index (κ2) is 6.27. The highest BCUT2D eigenvalue weighted by Crippen LogP contribution is 2.13. The van der Waals surface area contributed by atoms with Gasteiger partial charge >= 0.3 is 6.16 Å². The van der Waals surface area contributed by atoms with Crippen LogP contribution in [0.1, 0.15) is 34.1 Å². The third-order valence-electron chi connectivity index (χ3n) is 1.62. The van der Waals surface area contributed by atoms with Gasteiger partial charge in [0.2, 0.25) is 0 Å². The summed E-state index contributed by atoms with van der Waals surface area (Å²) in [5.74, 6) is 0. The van der Waals surface area contributed by atoms with Gasteiger partial charge in [0.05, 0.1) is 12.2 Å². The second-order valence-electron chi connectivity index (χ2n) is 4.63. The molecule has 0 aromatic carbocycles. The van der Waals surface area contributed by atoms with Crippen molar-refractivity contribution in [2.24, 2.45) is 5.73 Å². The fourth-order valence-electron chi connectivity index (χ4n) is 0.875. The fraction of sp³-hybridized carbons (Fsp3) is 0.900. The van der Waals surface area contributed by atoms with Crippen molar-refractivity contribution in [1.82, 2.24) is 0 Å². The molecule has 0 aliphatic heterocycles. The van der Waals surface area contributed by atoms with Crippen molar-refractivity contribution in [3.8, 4) is 0 Å². The zero-order valence-corrected chi connectivity index (χ0v) is 11.0. The maximum absolute atomic E-state index is 11.0. The summed E-state index contributed by atoms with van der Waals surface area (Å²) in [6, 6.07) is -0.257. The molecule has 0 aromatic heterocycles. The van der Waals surface area contributed by atoms with Crippen molar-refractivity contribution in [2.75, 3.05) is 12.7 Å². The zero-order valence-electron chi connectivity index (χ0n) is 10.2. The van der Waals surface area contributed by atoms with Gasteiger partial charge in [-0.25, -0.2) is 4.79 Å². The van der Waals surface area contributed by atoms with E-state index >= 15 is 0 Å². The average molecular weight is 254 g/mol. The molecular weight excluding hydrogens is 234 g/mol. The maximum Gasteiger partial charge on any atom is 0.511 e. The summed E-state index contributed by atoms with van der Waals surface area (Å²) in [4.78, 5) is 11.0. The highest BCUT2D eigenvalue weighted by molar-refractivity contribution is 6.17. The van der Waals surface area contributed by atoms with E-state index in [0.717, 1.165) is 0 Å². The molecule has 0 radical (unpaired) electrons. The molecular formula is C10H20ClNO4. The largest absolute Gasteiger partial charge is 0.511 e. The van der Waals surface area contributed by atoms with E-state index < -0.39 is 11.9 Å². The van der Waals surface area contributed by atoms with E-state index in [4.69, 9.17) is 26.8 Å². The molecule has 6 heteroatoms. The number of carbonyl (C=O) groups is 1. The van der Waals surface area contributed by atoms with Crippen LogP contribution in [-0.4, -0.2) is 30.2 Å². The van der Waals surface area contributed by atoms with Crippen LogP contribution < -0.4 is 5.73 Å². The molecule has 0 aliphatic rings. The third-order valence-corrected chi connectivity index (χ3v) is 1.73. The first-order valence-electron chi connectivity index (χ1n) is 5.01. The Bertz CT molecular complexity index is 225. The van der Waals surface area contributed by atoms with Crippen LogP contribution in [0, 0.1) is 0 Å². The first kappa shape index (κ1) is 15.5. The molecule has 0 saturated heterocycles. The molecule has 5 nitrogen and oxygen atoms in total. The predicted octanol–water partition coefficient (Wildman–Crippen LogP) is 2.22. The molecule has 2 N–H and O–H groups in total. The molecule has 0 heterocycles. The van der Waals surface area contributed by atoms with Gasteiger partial charge in [0.25, 0.3) is 0 Å². The highest BCUT2D eigenvalue weighted by Gasteiger charge is 2.25. The molecule has 96 valence electrons. The second-order valence-corrected chi connectivity index (χ2v) is 4.85. The Balaban J connectivity index is 3.91. The van der Waals surface area contributed by atoms with Crippen LogP contribution in [0.4, 0.5) is 4.79 Å². The summed E-state index contributed by atoms with van der Waals surface area (Å²) >= 11 is 5.20. The van der Waals surface area contributed by atoms with E-state index in [2.05, 4.69) is 4.74 Å². The Hall–Kier alpha value is -0.520. The molecule has 0 spiro atoms. The van der Waals surface area contributed by atoms with E-state index in [-0.39, 0.29) is 11.7 Å². The Morgan fingerprint density at radius 3 is 2.31 bits per heavy atom.